The normalized spacial score (nSPS) is 11.3. The Balaban J connectivity index is 2.01. The topological polar surface area (TPSA) is 79.0 Å². The van der Waals surface area contributed by atoms with Crippen LogP contribution in [0.4, 0.5) is 4.79 Å². The molecule has 0 radical (unpaired) electrons. The first-order chi connectivity index (χ1) is 9.53. The highest BCUT2D eigenvalue weighted by molar-refractivity contribution is 5.67. The lowest BCUT2D eigenvalue weighted by molar-refractivity contribution is 0.0324. The number of nitrogens with zero attached hydrogens (tertiary/aromatic N) is 1. The molecule has 1 aromatic heterocycles. The molecule has 0 aliphatic heterocycles. The van der Waals surface area contributed by atoms with Crippen LogP contribution >= 0.6 is 0 Å². The van der Waals surface area contributed by atoms with Crippen LogP contribution in [-0.2, 0) is 11.2 Å². The number of imidazole rings is 1. The fraction of sp³-hybridized carbons (Fsp3) is 0.714. The number of aromatic amines is 1. The SMILES string of the molecule is CCCC(C)(C)OC(=O)NCCNCCc1cnc[nH]1. The van der Waals surface area contributed by atoms with E-state index in [0.717, 1.165) is 38.0 Å². The fourth-order valence-electron chi connectivity index (χ4n) is 1.96. The van der Waals surface area contributed by atoms with Crippen molar-refractivity contribution in [3.05, 3.63) is 18.2 Å². The minimum absolute atomic E-state index is 0.348. The van der Waals surface area contributed by atoms with E-state index in [1.807, 2.05) is 20.0 Å². The van der Waals surface area contributed by atoms with Crippen molar-refractivity contribution >= 4 is 6.09 Å². The zero-order chi connectivity index (χ0) is 14.8. The molecule has 0 fully saturated rings. The van der Waals surface area contributed by atoms with Gasteiger partial charge in [-0.15, -0.1) is 0 Å². The van der Waals surface area contributed by atoms with Crippen molar-refractivity contribution in [1.29, 1.82) is 0 Å². The quantitative estimate of drug-likeness (QED) is 0.604. The maximum absolute atomic E-state index is 11.6. The Morgan fingerprint density at radius 2 is 2.20 bits per heavy atom. The third kappa shape index (κ3) is 7.13. The van der Waals surface area contributed by atoms with Crippen molar-refractivity contribution < 1.29 is 9.53 Å². The van der Waals surface area contributed by atoms with Crippen molar-refractivity contribution in [2.45, 2.75) is 45.6 Å². The molecule has 20 heavy (non-hydrogen) atoms. The highest BCUT2D eigenvalue weighted by Crippen LogP contribution is 2.16. The molecule has 0 aliphatic carbocycles. The number of carbonyl (C=O) groups is 1. The second-order valence-corrected chi connectivity index (χ2v) is 5.40. The van der Waals surface area contributed by atoms with Gasteiger partial charge in [0.15, 0.2) is 0 Å². The number of carbonyl (C=O) groups excluding carboxylic acids is 1. The summed E-state index contributed by atoms with van der Waals surface area (Å²) in [4.78, 5) is 18.6. The van der Waals surface area contributed by atoms with E-state index >= 15 is 0 Å². The van der Waals surface area contributed by atoms with Crippen molar-refractivity contribution in [2.24, 2.45) is 0 Å². The molecule has 1 amide bonds. The summed E-state index contributed by atoms with van der Waals surface area (Å²) in [7, 11) is 0. The van der Waals surface area contributed by atoms with Crippen molar-refractivity contribution in [3.8, 4) is 0 Å². The van der Waals surface area contributed by atoms with E-state index in [2.05, 4.69) is 27.5 Å². The predicted molar refractivity (Wildman–Crippen MR) is 78.6 cm³/mol. The maximum atomic E-state index is 11.6. The molecule has 1 heterocycles. The summed E-state index contributed by atoms with van der Waals surface area (Å²) in [6.45, 7) is 8.06. The van der Waals surface area contributed by atoms with E-state index in [0.29, 0.717) is 6.54 Å². The Bertz CT molecular complexity index is 377. The van der Waals surface area contributed by atoms with Gasteiger partial charge in [-0.1, -0.05) is 13.3 Å². The summed E-state index contributed by atoms with van der Waals surface area (Å²) >= 11 is 0. The van der Waals surface area contributed by atoms with Crippen molar-refractivity contribution in [2.75, 3.05) is 19.6 Å². The standard InChI is InChI=1S/C14H26N4O2/c1-4-6-14(2,3)20-13(19)17-9-8-15-7-5-12-10-16-11-18-12/h10-11,15H,4-9H2,1-3H3,(H,16,18)(H,17,19). The van der Waals surface area contributed by atoms with E-state index in [9.17, 15) is 4.79 Å². The lowest BCUT2D eigenvalue weighted by Crippen LogP contribution is -2.38. The van der Waals surface area contributed by atoms with Crippen molar-refractivity contribution in [1.82, 2.24) is 20.6 Å². The van der Waals surface area contributed by atoms with E-state index in [-0.39, 0.29) is 6.09 Å². The molecule has 0 atom stereocenters. The van der Waals surface area contributed by atoms with Crippen LogP contribution in [0, 0.1) is 0 Å². The molecule has 0 aliphatic rings. The average molecular weight is 282 g/mol. The van der Waals surface area contributed by atoms with Crippen LogP contribution in [0.15, 0.2) is 12.5 Å². The number of aromatic nitrogens is 2. The molecule has 6 nitrogen and oxygen atoms in total. The van der Waals surface area contributed by atoms with Gasteiger partial charge in [-0.3, -0.25) is 0 Å². The Morgan fingerprint density at radius 3 is 2.85 bits per heavy atom. The van der Waals surface area contributed by atoms with Gasteiger partial charge in [-0.05, 0) is 20.3 Å². The number of H-pyrrole nitrogens is 1. The monoisotopic (exact) mass is 282 g/mol. The van der Waals surface area contributed by atoms with E-state index < -0.39 is 5.60 Å². The predicted octanol–water partition coefficient (Wildman–Crippen LogP) is 1.85. The molecule has 1 aromatic rings. The number of ether oxygens (including phenoxy) is 1. The van der Waals surface area contributed by atoms with E-state index in [4.69, 9.17) is 4.74 Å². The van der Waals surface area contributed by atoms with Crippen LogP contribution in [0.2, 0.25) is 0 Å². The molecule has 0 unspecified atom stereocenters. The maximum Gasteiger partial charge on any atom is 0.407 e. The van der Waals surface area contributed by atoms with Gasteiger partial charge in [0.05, 0.1) is 6.33 Å². The minimum atomic E-state index is -0.396. The van der Waals surface area contributed by atoms with Crippen LogP contribution in [0.1, 0.15) is 39.3 Å². The van der Waals surface area contributed by atoms with Gasteiger partial charge in [0.25, 0.3) is 0 Å². The van der Waals surface area contributed by atoms with Gasteiger partial charge in [0, 0.05) is 37.9 Å². The molecule has 1 rings (SSSR count). The zero-order valence-corrected chi connectivity index (χ0v) is 12.7. The van der Waals surface area contributed by atoms with Gasteiger partial charge in [0.2, 0.25) is 0 Å². The minimum Gasteiger partial charge on any atom is -0.444 e. The van der Waals surface area contributed by atoms with Crippen LogP contribution in [0.3, 0.4) is 0 Å². The van der Waals surface area contributed by atoms with Gasteiger partial charge in [-0.25, -0.2) is 9.78 Å². The first kappa shape index (κ1) is 16.5. The molecular formula is C14H26N4O2. The number of nitrogens with one attached hydrogen (secondary N) is 3. The van der Waals surface area contributed by atoms with Gasteiger partial charge < -0.3 is 20.4 Å². The Kier molecular flexibility index (Phi) is 7.08. The highest BCUT2D eigenvalue weighted by atomic mass is 16.6. The van der Waals surface area contributed by atoms with Crippen molar-refractivity contribution in [3.63, 3.8) is 0 Å². The first-order valence-corrected chi connectivity index (χ1v) is 7.18. The third-order valence-corrected chi connectivity index (χ3v) is 2.92. The Hall–Kier alpha value is -1.56. The van der Waals surface area contributed by atoms with Crippen LogP contribution in [-0.4, -0.2) is 41.3 Å². The third-order valence-electron chi connectivity index (χ3n) is 2.92. The number of hydrogen-bond donors (Lipinski definition) is 3. The van der Waals surface area contributed by atoms with Crippen LogP contribution in [0.5, 0.6) is 0 Å². The average Bonchev–Trinajstić information content (AvgIpc) is 2.85. The van der Waals surface area contributed by atoms with Gasteiger partial charge >= 0.3 is 6.09 Å². The fourth-order valence-corrected chi connectivity index (χ4v) is 1.96. The first-order valence-electron chi connectivity index (χ1n) is 7.18. The summed E-state index contributed by atoms with van der Waals surface area (Å²) in [5, 5.41) is 6.00. The molecule has 114 valence electrons. The summed E-state index contributed by atoms with van der Waals surface area (Å²) < 4.78 is 5.35. The van der Waals surface area contributed by atoms with Crippen LogP contribution < -0.4 is 10.6 Å². The molecule has 0 saturated carbocycles. The Labute approximate surface area is 120 Å². The number of amides is 1. The molecular weight excluding hydrogens is 256 g/mol. The summed E-state index contributed by atoms with van der Waals surface area (Å²) in [6, 6.07) is 0. The van der Waals surface area contributed by atoms with Crippen LogP contribution in [0.25, 0.3) is 0 Å². The summed E-state index contributed by atoms with van der Waals surface area (Å²) in [6.07, 6.45) is 5.89. The summed E-state index contributed by atoms with van der Waals surface area (Å²) in [5.41, 5.74) is 0.707. The number of alkyl carbamates (subject to hydrolysis) is 1. The number of rotatable bonds is 9. The molecule has 0 aromatic carbocycles. The highest BCUT2D eigenvalue weighted by Gasteiger charge is 2.21. The molecule has 0 bridgehead atoms. The van der Waals surface area contributed by atoms with E-state index in [1.165, 1.54) is 0 Å². The number of hydrogen-bond acceptors (Lipinski definition) is 4. The van der Waals surface area contributed by atoms with Gasteiger partial charge in [0.1, 0.15) is 5.60 Å². The molecule has 6 heteroatoms. The second-order valence-electron chi connectivity index (χ2n) is 5.40. The molecule has 0 saturated heterocycles. The van der Waals surface area contributed by atoms with Gasteiger partial charge in [-0.2, -0.15) is 0 Å². The largest absolute Gasteiger partial charge is 0.444 e. The molecule has 0 spiro atoms. The second kappa shape index (κ2) is 8.58. The lowest BCUT2D eigenvalue weighted by atomic mass is 10.0. The summed E-state index contributed by atoms with van der Waals surface area (Å²) in [5.74, 6) is 0. The Morgan fingerprint density at radius 1 is 1.40 bits per heavy atom. The smallest absolute Gasteiger partial charge is 0.407 e. The zero-order valence-electron chi connectivity index (χ0n) is 12.7. The molecule has 3 N–H and O–H groups in total. The lowest BCUT2D eigenvalue weighted by Gasteiger charge is -2.24. The van der Waals surface area contributed by atoms with E-state index in [1.54, 1.807) is 6.33 Å².